The number of benzene rings is 1. The molecular formula is C11H14BrN3O2. The topological polar surface area (TPSA) is 78.9 Å². The first-order valence-corrected chi connectivity index (χ1v) is 5.77. The van der Waals surface area contributed by atoms with E-state index in [0.29, 0.717) is 6.42 Å². The molecule has 0 unspecified atom stereocenters. The van der Waals surface area contributed by atoms with E-state index in [9.17, 15) is 4.79 Å². The van der Waals surface area contributed by atoms with Crippen molar-refractivity contribution >= 4 is 27.7 Å². The minimum absolute atomic E-state index is 0.0108. The SMILES string of the molecule is CN(C/C(N)=N/O)C(=O)Cc1ccc(Br)cc1. The molecule has 3 N–H and O–H groups in total. The first kappa shape index (κ1) is 13.5. The fourth-order valence-electron chi connectivity index (χ4n) is 1.27. The molecule has 0 saturated heterocycles. The number of nitrogens with two attached hydrogens (primary N) is 1. The van der Waals surface area contributed by atoms with E-state index in [1.54, 1.807) is 7.05 Å². The van der Waals surface area contributed by atoms with Gasteiger partial charge in [0.15, 0.2) is 5.84 Å². The molecule has 0 bridgehead atoms. The van der Waals surface area contributed by atoms with Crippen LogP contribution in [0.15, 0.2) is 33.9 Å². The summed E-state index contributed by atoms with van der Waals surface area (Å²) in [6, 6.07) is 7.51. The molecule has 0 aliphatic heterocycles. The number of carbonyl (C=O) groups excluding carboxylic acids is 1. The third-order valence-corrected chi connectivity index (χ3v) is 2.75. The van der Waals surface area contributed by atoms with Gasteiger partial charge in [0, 0.05) is 11.5 Å². The average molecular weight is 300 g/mol. The van der Waals surface area contributed by atoms with Gasteiger partial charge in [-0.3, -0.25) is 4.79 Å². The van der Waals surface area contributed by atoms with Gasteiger partial charge in [-0.05, 0) is 17.7 Å². The first-order chi connectivity index (χ1) is 8.02. The summed E-state index contributed by atoms with van der Waals surface area (Å²) in [6.45, 7) is 0.117. The summed E-state index contributed by atoms with van der Waals surface area (Å²) in [5.41, 5.74) is 6.25. The van der Waals surface area contributed by atoms with Crippen LogP contribution in [0.2, 0.25) is 0 Å². The van der Waals surface area contributed by atoms with Gasteiger partial charge in [0.2, 0.25) is 5.91 Å². The molecule has 0 aromatic heterocycles. The molecule has 0 fully saturated rings. The summed E-state index contributed by atoms with van der Waals surface area (Å²) >= 11 is 3.33. The quantitative estimate of drug-likeness (QED) is 0.379. The Balaban J connectivity index is 2.57. The molecule has 1 aromatic carbocycles. The van der Waals surface area contributed by atoms with Crippen LogP contribution in [0.25, 0.3) is 0 Å². The van der Waals surface area contributed by atoms with Crippen LogP contribution in [-0.2, 0) is 11.2 Å². The second-order valence-electron chi connectivity index (χ2n) is 3.64. The third-order valence-electron chi connectivity index (χ3n) is 2.22. The van der Waals surface area contributed by atoms with E-state index in [1.165, 1.54) is 4.90 Å². The van der Waals surface area contributed by atoms with E-state index in [2.05, 4.69) is 21.1 Å². The second kappa shape index (κ2) is 6.24. The van der Waals surface area contributed by atoms with Crippen molar-refractivity contribution in [2.24, 2.45) is 10.9 Å². The molecular weight excluding hydrogens is 286 g/mol. The summed E-state index contributed by atoms with van der Waals surface area (Å²) in [5.74, 6) is -0.0735. The molecule has 5 nitrogen and oxygen atoms in total. The Morgan fingerprint density at radius 3 is 2.59 bits per heavy atom. The number of halogens is 1. The molecule has 1 amide bonds. The van der Waals surface area contributed by atoms with Gasteiger partial charge in [-0.1, -0.05) is 33.2 Å². The van der Waals surface area contributed by atoms with Crippen LogP contribution >= 0.6 is 15.9 Å². The predicted molar refractivity (Wildman–Crippen MR) is 68.9 cm³/mol. The molecule has 17 heavy (non-hydrogen) atoms. The van der Waals surface area contributed by atoms with Crippen LogP contribution in [0, 0.1) is 0 Å². The number of rotatable bonds is 4. The molecule has 0 spiro atoms. The van der Waals surface area contributed by atoms with Gasteiger partial charge in [0.25, 0.3) is 0 Å². The van der Waals surface area contributed by atoms with Gasteiger partial charge in [-0.25, -0.2) is 0 Å². The van der Waals surface area contributed by atoms with Crippen molar-refractivity contribution in [2.45, 2.75) is 6.42 Å². The maximum atomic E-state index is 11.8. The van der Waals surface area contributed by atoms with Crippen LogP contribution in [0.4, 0.5) is 0 Å². The molecule has 1 aromatic rings. The molecule has 0 heterocycles. The lowest BCUT2D eigenvalue weighted by molar-refractivity contribution is -0.128. The highest BCUT2D eigenvalue weighted by Crippen LogP contribution is 2.11. The van der Waals surface area contributed by atoms with Crippen molar-refractivity contribution in [1.29, 1.82) is 0 Å². The molecule has 0 atom stereocenters. The molecule has 0 saturated carbocycles. The zero-order valence-corrected chi connectivity index (χ0v) is 11.0. The van der Waals surface area contributed by atoms with Crippen LogP contribution in [0.1, 0.15) is 5.56 Å². The highest BCUT2D eigenvalue weighted by Gasteiger charge is 2.10. The van der Waals surface area contributed by atoms with Gasteiger partial charge < -0.3 is 15.8 Å². The number of hydrogen-bond donors (Lipinski definition) is 2. The summed E-state index contributed by atoms with van der Waals surface area (Å²) in [6.07, 6.45) is 0.294. The van der Waals surface area contributed by atoms with Gasteiger partial charge in [0.1, 0.15) is 0 Å². The predicted octanol–water partition coefficient (Wildman–Crippen LogP) is 1.20. The number of hydrogen-bond acceptors (Lipinski definition) is 3. The van der Waals surface area contributed by atoms with Gasteiger partial charge >= 0.3 is 0 Å². The van der Waals surface area contributed by atoms with E-state index < -0.39 is 0 Å². The minimum Gasteiger partial charge on any atom is -0.409 e. The lowest BCUT2D eigenvalue weighted by atomic mass is 10.1. The lowest BCUT2D eigenvalue weighted by Gasteiger charge is -2.16. The van der Waals surface area contributed by atoms with Crippen LogP contribution in [-0.4, -0.2) is 35.4 Å². The zero-order valence-electron chi connectivity index (χ0n) is 9.43. The highest BCUT2D eigenvalue weighted by molar-refractivity contribution is 9.10. The lowest BCUT2D eigenvalue weighted by Crippen LogP contribution is -2.36. The fraction of sp³-hybridized carbons (Fsp3) is 0.273. The van der Waals surface area contributed by atoms with Gasteiger partial charge in [-0.2, -0.15) is 0 Å². The largest absolute Gasteiger partial charge is 0.409 e. The Morgan fingerprint density at radius 2 is 2.06 bits per heavy atom. The first-order valence-electron chi connectivity index (χ1n) is 4.97. The maximum Gasteiger partial charge on any atom is 0.227 e. The molecule has 0 aliphatic rings. The van der Waals surface area contributed by atoms with Gasteiger partial charge in [-0.15, -0.1) is 0 Å². The van der Waals surface area contributed by atoms with E-state index >= 15 is 0 Å². The van der Waals surface area contributed by atoms with Crippen LogP contribution in [0.3, 0.4) is 0 Å². The maximum absolute atomic E-state index is 11.8. The number of likely N-dealkylation sites (N-methyl/N-ethyl adjacent to an activating group) is 1. The average Bonchev–Trinajstić information content (AvgIpc) is 2.31. The normalized spacial score (nSPS) is 11.3. The van der Waals surface area contributed by atoms with Crippen LogP contribution < -0.4 is 5.73 Å². The van der Waals surface area contributed by atoms with E-state index in [-0.39, 0.29) is 18.3 Å². The van der Waals surface area contributed by atoms with E-state index in [4.69, 9.17) is 10.9 Å². The molecule has 92 valence electrons. The monoisotopic (exact) mass is 299 g/mol. The number of carbonyl (C=O) groups is 1. The Hall–Kier alpha value is -1.56. The number of amidine groups is 1. The van der Waals surface area contributed by atoms with E-state index in [0.717, 1.165) is 10.0 Å². The molecule has 0 radical (unpaired) electrons. The number of amides is 1. The third kappa shape index (κ3) is 4.44. The summed E-state index contributed by atoms with van der Waals surface area (Å²) in [7, 11) is 1.61. The minimum atomic E-state index is -0.0843. The Labute approximate surface area is 108 Å². The number of nitrogens with zero attached hydrogens (tertiary/aromatic N) is 2. The Morgan fingerprint density at radius 1 is 1.47 bits per heavy atom. The summed E-state index contributed by atoms with van der Waals surface area (Å²) in [5, 5.41) is 11.2. The van der Waals surface area contributed by atoms with Crippen LogP contribution in [0.5, 0.6) is 0 Å². The summed E-state index contributed by atoms with van der Waals surface area (Å²) in [4.78, 5) is 13.2. The zero-order chi connectivity index (χ0) is 12.8. The second-order valence-corrected chi connectivity index (χ2v) is 4.56. The molecule has 6 heteroatoms. The smallest absolute Gasteiger partial charge is 0.227 e. The Bertz CT molecular complexity index is 417. The van der Waals surface area contributed by atoms with Gasteiger partial charge in [0.05, 0.1) is 13.0 Å². The molecule has 1 rings (SSSR count). The van der Waals surface area contributed by atoms with Crippen molar-refractivity contribution in [1.82, 2.24) is 4.90 Å². The van der Waals surface area contributed by atoms with Crippen molar-refractivity contribution in [2.75, 3.05) is 13.6 Å². The van der Waals surface area contributed by atoms with Crippen molar-refractivity contribution < 1.29 is 10.0 Å². The molecule has 0 aliphatic carbocycles. The Kier molecular flexibility index (Phi) is 4.96. The van der Waals surface area contributed by atoms with E-state index in [1.807, 2.05) is 24.3 Å². The standard InChI is InChI=1S/C11H14BrN3O2/c1-15(7-10(13)14-17)11(16)6-8-2-4-9(12)5-3-8/h2-5,17H,6-7H2,1H3,(H2,13,14). The van der Waals surface area contributed by atoms with Crippen molar-refractivity contribution in [3.8, 4) is 0 Å². The highest BCUT2D eigenvalue weighted by atomic mass is 79.9. The van der Waals surface area contributed by atoms with Crippen molar-refractivity contribution in [3.63, 3.8) is 0 Å². The summed E-state index contributed by atoms with van der Waals surface area (Å²) < 4.78 is 0.971. The number of oxime groups is 1. The van der Waals surface area contributed by atoms with Crippen molar-refractivity contribution in [3.05, 3.63) is 34.3 Å². The fourth-order valence-corrected chi connectivity index (χ4v) is 1.54.